The van der Waals surface area contributed by atoms with Crippen LogP contribution in [-0.2, 0) is 0 Å². The van der Waals surface area contributed by atoms with Gasteiger partial charge in [0.05, 0.1) is 5.52 Å². The zero-order valence-electron chi connectivity index (χ0n) is 12.9. The van der Waals surface area contributed by atoms with Gasteiger partial charge < -0.3 is 5.32 Å². The molecule has 112 valence electrons. The molecule has 1 aromatic heterocycles. The van der Waals surface area contributed by atoms with Crippen molar-refractivity contribution in [3.63, 3.8) is 0 Å². The maximum atomic E-state index is 5.00. The summed E-state index contributed by atoms with van der Waals surface area (Å²) < 4.78 is 1.10. The third-order valence-electron chi connectivity index (χ3n) is 4.48. The molecule has 0 spiro atoms. The lowest BCUT2D eigenvalue weighted by Gasteiger charge is -2.17. The second kappa shape index (κ2) is 6.35. The number of anilines is 1. The van der Waals surface area contributed by atoms with E-state index in [0.29, 0.717) is 5.92 Å². The van der Waals surface area contributed by atoms with Gasteiger partial charge in [-0.05, 0) is 59.8 Å². The summed E-state index contributed by atoms with van der Waals surface area (Å²) in [6, 6.07) is 6.58. The molecule has 0 aliphatic heterocycles. The van der Waals surface area contributed by atoms with E-state index in [9.17, 15) is 0 Å². The number of hydrogen-bond acceptors (Lipinski definition) is 2. The maximum absolute atomic E-state index is 5.00. The number of halogens is 1. The number of pyridine rings is 1. The molecule has 1 heterocycles. The lowest BCUT2D eigenvalue weighted by Crippen LogP contribution is -2.05. The first kappa shape index (κ1) is 14.8. The Hall–Kier alpha value is -1.09. The molecule has 0 bridgehead atoms. The predicted molar refractivity (Wildman–Crippen MR) is 94.2 cm³/mol. The fourth-order valence-corrected chi connectivity index (χ4v) is 3.75. The molecule has 0 radical (unpaired) electrons. The van der Waals surface area contributed by atoms with Gasteiger partial charge in [-0.15, -0.1) is 0 Å². The van der Waals surface area contributed by atoms with Crippen LogP contribution in [-0.4, -0.2) is 11.5 Å². The minimum absolute atomic E-state index is 0.643. The minimum Gasteiger partial charge on any atom is -0.384 e. The quantitative estimate of drug-likeness (QED) is 0.758. The molecule has 1 aromatic carbocycles. The summed E-state index contributed by atoms with van der Waals surface area (Å²) in [6.45, 7) is 5.38. The molecule has 1 fully saturated rings. The Morgan fingerprint density at radius 1 is 1.29 bits per heavy atom. The standard InChI is InChI=1S/C18H23BrN2/c1-3-10-20-16-11-15(13-6-4-5-7-13)21-18-14(19)9-8-12(2)17(16)18/h8-9,11,13H,3-7,10H2,1-2H3,(H,20,21). The Kier molecular flexibility index (Phi) is 4.48. The number of hydrogen-bond donors (Lipinski definition) is 1. The van der Waals surface area contributed by atoms with Crippen molar-refractivity contribution in [2.45, 2.75) is 51.9 Å². The van der Waals surface area contributed by atoms with Crippen LogP contribution in [0.1, 0.15) is 56.2 Å². The van der Waals surface area contributed by atoms with E-state index >= 15 is 0 Å². The van der Waals surface area contributed by atoms with Gasteiger partial charge in [0.1, 0.15) is 0 Å². The number of benzene rings is 1. The van der Waals surface area contributed by atoms with E-state index < -0.39 is 0 Å². The SMILES string of the molecule is CCCNc1cc(C2CCCC2)nc2c(Br)ccc(C)c12. The molecule has 1 saturated carbocycles. The van der Waals surface area contributed by atoms with Gasteiger partial charge in [0.2, 0.25) is 0 Å². The summed E-state index contributed by atoms with van der Waals surface area (Å²) in [6.07, 6.45) is 6.40. The highest BCUT2D eigenvalue weighted by atomic mass is 79.9. The van der Waals surface area contributed by atoms with E-state index in [1.54, 1.807) is 0 Å². The van der Waals surface area contributed by atoms with Crippen LogP contribution >= 0.6 is 15.9 Å². The Bertz CT molecular complexity index is 645. The van der Waals surface area contributed by atoms with Crippen molar-refractivity contribution in [2.75, 3.05) is 11.9 Å². The van der Waals surface area contributed by atoms with E-state index in [-0.39, 0.29) is 0 Å². The summed E-state index contributed by atoms with van der Waals surface area (Å²) in [5, 5.41) is 4.87. The molecule has 0 amide bonds. The van der Waals surface area contributed by atoms with Crippen LogP contribution in [0.2, 0.25) is 0 Å². The molecular formula is C18H23BrN2. The van der Waals surface area contributed by atoms with Gasteiger partial charge in [0, 0.05) is 33.7 Å². The van der Waals surface area contributed by atoms with Crippen molar-refractivity contribution >= 4 is 32.5 Å². The van der Waals surface area contributed by atoms with E-state index in [1.165, 1.54) is 48.0 Å². The highest BCUT2D eigenvalue weighted by Gasteiger charge is 2.21. The number of nitrogens with one attached hydrogen (secondary N) is 1. The van der Waals surface area contributed by atoms with Crippen LogP contribution in [0.15, 0.2) is 22.7 Å². The normalized spacial score (nSPS) is 15.8. The largest absolute Gasteiger partial charge is 0.384 e. The van der Waals surface area contributed by atoms with Crippen LogP contribution in [0.5, 0.6) is 0 Å². The number of aryl methyl sites for hydroxylation is 1. The second-order valence-corrected chi connectivity index (χ2v) is 6.95. The highest BCUT2D eigenvalue weighted by molar-refractivity contribution is 9.10. The zero-order valence-corrected chi connectivity index (χ0v) is 14.5. The van der Waals surface area contributed by atoms with Crippen molar-refractivity contribution in [3.8, 4) is 0 Å². The van der Waals surface area contributed by atoms with E-state index in [4.69, 9.17) is 4.98 Å². The van der Waals surface area contributed by atoms with E-state index in [2.05, 4.69) is 53.3 Å². The Balaban J connectivity index is 2.16. The average Bonchev–Trinajstić information content (AvgIpc) is 3.02. The molecule has 0 unspecified atom stereocenters. The molecule has 3 rings (SSSR count). The number of rotatable bonds is 4. The molecule has 1 N–H and O–H groups in total. The number of aromatic nitrogens is 1. The lowest BCUT2D eigenvalue weighted by molar-refractivity contribution is 0.701. The summed E-state index contributed by atoms with van der Waals surface area (Å²) >= 11 is 3.69. The molecule has 1 aliphatic rings. The van der Waals surface area contributed by atoms with Crippen molar-refractivity contribution in [3.05, 3.63) is 33.9 Å². The van der Waals surface area contributed by atoms with Gasteiger partial charge in [-0.25, -0.2) is 0 Å². The molecular weight excluding hydrogens is 324 g/mol. The topological polar surface area (TPSA) is 24.9 Å². The van der Waals surface area contributed by atoms with Crippen LogP contribution < -0.4 is 5.32 Å². The van der Waals surface area contributed by atoms with E-state index in [0.717, 1.165) is 23.0 Å². The van der Waals surface area contributed by atoms with Crippen molar-refractivity contribution in [1.82, 2.24) is 4.98 Å². The van der Waals surface area contributed by atoms with Gasteiger partial charge >= 0.3 is 0 Å². The first-order valence-electron chi connectivity index (χ1n) is 8.04. The van der Waals surface area contributed by atoms with Crippen molar-refractivity contribution in [1.29, 1.82) is 0 Å². The van der Waals surface area contributed by atoms with Crippen LogP contribution in [0, 0.1) is 6.92 Å². The van der Waals surface area contributed by atoms with Gasteiger partial charge in [0.25, 0.3) is 0 Å². The maximum Gasteiger partial charge on any atom is 0.0870 e. The molecule has 0 saturated heterocycles. The highest BCUT2D eigenvalue weighted by Crippen LogP contribution is 2.38. The summed E-state index contributed by atoms with van der Waals surface area (Å²) in [5.41, 5.74) is 4.92. The monoisotopic (exact) mass is 346 g/mol. The zero-order chi connectivity index (χ0) is 14.8. The first-order valence-corrected chi connectivity index (χ1v) is 8.83. The minimum atomic E-state index is 0.643. The van der Waals surface area contributed by atoms with Gasteiger partial charge in [0.15, 0.2) is 0 Å². The van der Waals surface area contributed by atoms with Crippen molar-refractivity contribution < 1.29 is 0 Å². The molecule has 0 atom stereocenters. The molecule has 2 nitrogen and oxygen atoms in total. The second-order valence-electron chi connectivity index (χ2n) is 6.09. The van der Waals surface area contributed by atoms with Crippen LogP contribution in [0.4, 0.5) is 5.69 Å². The number of fused-ring (bicyclic) bond motifs is 1. The number of nitrogens with zero attached hydrogens (tertiary/aromatic N) is 1. The molecule has 3 heteroatoms. The third-order valence-corrected chi connectivity index (χ3v) is 5.12. The van der Waals surface area contributed by atoms with E-state index in [1.807, 2.05) is 0 Å². The molecule has 21 heavy (non-hydrogen) atoms. The average molecular weight is 347 g/mol. The van der Waals surface area contributed by atoms with Crippen LogP contribution in [0.25, 0.3) is 10.9 Å². The summed E-state index contributed by atoms with van der Waals surface area (Å²) in [7, 11) is 0. The fraction of sp³-hybridized carbons (Fsp3) is 0.500. The lowest BCUT2D eigenvalue weighted by atomic mass is 9.99. The fourth-order valence-electron chi connectivity index (χ4n) is 3.33. The molecule has 1 aliphatic carbocycles. The van der Waals surface area contributed by atoms with Crippen molar-refractivity contribution in [2.24, 2.45) is 0 Å². The Morgan fingerprint density at radius 3 is 2.76 bits per heavy atom. The van der Waals surface area contributed by atoms with Crippen LogP contribution in [0.3, 0.4) is 0 Å². The Morgan fingerprint density at radius 2 is 2.05 bits per heavy atom. The third kappa shape index (κ3) is 2.94. The van der Waals surface area contributed by atoms with Gasteiger partial charge in [-0.1, -0.05) is 25.8 Å². The smallest absolute Gasteiger partial charge is 0.0870 e. The Labute approximate surface area is 135 Å². The predicted octanol–water partition coefficient (Wildman–Crippen LogP) is 5.79. The summed E-state index contributed by atoms with van der Waals surface area (Å²) in [4.78, 5) is 5.00. The molecule has 2 aromatic rings. The summed E-state index contributed by atoms with van der Waals surface area (Å²) in [5.74, 6) is 0.643. The first-order chi connectivity index (χ1) is 10.2. The van der Waals surface area contributed by atoms with Gasteiger partial charge in [-0.3, -0.25) is 4.98 Å². The van der Waals surface area contributed by atoms with Gasteiger partial charge in [-0.2, -0.15) is 0 Å².